The summed E-state index contributed by atoms with van der Waals surface area (Å²) in [5.74, 6) is -0.400. The van der Waals surface area contributed by atoms with Crippen LogP contribution in [-0.2, 0) is 11.2 Å². The van der Waals surface area contributed by atoms with E-state index in [-0.39, 0.29) is 11.8 Å². The molecule has 0 saturated carbocycles. The lowest BCUT2D eigenvalue weighted by Crippen LogP contribution is -2.34. The summed E-state index contributed by atoms with van der Waals surface area (Å²) in [6.07, 6.45) is 0.299. The number of benzene rings is 2. The molecule has 0 bridgehead atoms. The minimum Gasteiger partial charge on any atom is -0.274 e. The fourth-order valence-corrected chi connectivity index (χ4v) is 2.41. The summed E-state index contributed by atoms with van der Waals surface area (Å²) in [6.45, 7) is 1.87. The Hall–Kier alpha value is -2.42. The van der Waals surface area contributed by atoms with Crippen LogP contribution in [0.25, 0.3) is 0 Å². The van der Waals surface area contributed by atoms with Crippen LogP contribution in [-0.4, -0.2) is 11.8 Å². The molecule has 3 nitrogen and oxygen atoms in total. The second kappa shape index (κ2) is 4.35. The number of hydrogen-bond acceptors (Lipinski definition) is 2. The Bertz CT molecular complexity index is 676. The van der Waals surface area contributed by atoms with Gasteiger partial charge in [-0.3, -0.25) is 9.59 Å². The average Bonchev–Trinajstić information content (AvgIpc) is 2.74. The van der Waals surface area contributed by atoms with Gasteiger partial charge in [0.1, 0.15) is 0 Å². The van der Waals surface area contributed by atoms with E-state index in [1.165, 1.54) is 4.90 Å². The lowest BCUT2D eigenvalue weighted by molar-refractivity contribution is -0.116. The van der Waals surface area contributed by atoms with Crippen molar-refractivity contribution in [3.63, 3.8) is 0 Å². The van der Waals surface area contributed by atoms with E-state index in [1.54, 1.807) is 6.07 Å². The molecular weight excluding hydrogens is 238 g/mol. The summed E-state index contributed by atoms with van der Waals surface area (Å²) in [6, 6.07) is 14.8. The van der Waals surface area contributed by atoms with E-state index < -0.39 is 0 Å². The highest BCUT2D eigenvalue weighted by molar-refractivity contribution is 6.24. The van der Waals surface area contributed by atoms with Gasteiger partial charge in [0.25, 0.3) is 5.91 Å². The largest absolute Gasteiger partial charge is 0.274 e. The second-order valence-corrected chi connectivity index (χ2v) is 4.65. The van der Waals surface area contributed by atoms with Gasteiger partial charge >= 0.3 is 0 Å². The number of amides is 2. The monoisotopic (exact) mass is 251 g/mol. The molecule has 3 rings (SSSR count). The standard InChI is InChI=1S/C16H13NO2/c1-11-6-2-4-8-13(11)16(19)17-14-9-5-3-7-12(14)10-15(17)18/h2-9H,10H2,1H3. The first-order chi connectivity index (χ1) is 9.18. The zero-order valence-electron chi connectivity index (χ0n) is 10.6. The van der Waals surface area contributed by atoms with Crippen LogP contribution < -0.4 is 4.90 Å². The topological polar surface area (TPSA) is 37.4 Å². The van der Waals surface area contributed by atoms with Crippen LogP contribution in [0.5, 0.6) is 0 Å². The van der Waals surface area contributed by atoms with Gasteiger partial charge in [-0.15, -0.1) is 0 Å². The maximum atomic E-state index is 12.5. The quantitative estimate of drug-likeness (QED) is 0.731. The van der Waals surface area contributed by atoms with E-state index in [0.717, 1.165) is 11.1 Å². The molecule has 2 aromatic rings. The third kappa shape index (κ3) is 1.83. The van der Waals surface area contributed by atoms with E-state index in [4.69, 9.17) is 0 Å². The minimum absolute atomic E-state index is 0.158. The second-order valence-electron chi connectivity index (χ2n) is 4.65. The van der Waals surface area contributed by atoms with Gasteiger partial charge < -0.3 is 0 Å². The Kier molecular flexibility index (Phi) is 2.67. The number of carbonyl (C=O) groups is 2. The van der Waals surface area contributed by atoms with Gasteiger partial charge in [-0.25, -0.2) is 4.90 Å². The van der Waals surface area contributed by atoms with Crippen LogP contribution in [0.4, 0.5) is 5.69 Å². The molecule has 0 unspecified atom stereocenters. The zero-order chi connectivity index (χ0) is 13.4. The molecule has 0 atom stereocenters. The Morgan fingerprint density at radius 3 is 2.53 bits per heavy atom. The Morgan fingerprint density at radius 2 is 1.74 bits per heavy atom. The molecule has 2 amide bonds. The van der Waals surface area contributed by atoms with Crippen LogP contribution in [0.1, 0.15) is 21.5 Å². The first-order valence-electron chi connectivity index (χ1n) is 6.19. The molecular formula is C16H13NO2. The number of aryl methyl sites for hydroxylation is 1. The van der Waals surface area contributed by atoms with Crippen molar-refractivity contribution in [3.05, 3.63) is 65.2 Å². The van der Waals surface area contributed by atoms with E-state index in [1.807, 2.05) is 49.4 Å². The van der Waals surface area contributed by atoms with Crippen molar-refractivity contribution >= 4 is 17.5 Å². The number of nitrogens with zero attached hydrogens (tertiary/aromatic N) is 1. The predicted octanol–water partition coefficient (Wildman–Crippen LogP) is 2.72. The molecule has 0 radical (unpaired) electrons. The van der Waals surface area contributed by atoms with Crippen LogP contribution >= 0.6 is 0 Å². The number of rotatable bonds is 1. The lowest BCUT2D eigenvalue weighted by atomic mass is 10.1. The van der Waals surface area contributed by atoms with Gasteiger partial charge in [0, 0.05) is 5.56 Å². The maximum Gasteiger partial charge on any atom is 0.265 e. The minimum atomic E-state index is -0.243. The van der Waals surface area contributed by atoms with Crippen LogP contribution in [0.2, 0.25) is 0 Å². The Labute approximate surface area is 111 Å². The summed E-state index contributed by atoms with van der Waals surface area (Å²) in [4.78, 5) is 25.9. The molecule has 2 aromatic carbocycles. The van der Waals surface area contributed by atoms with E-state index >= 15 is 0 Å². The van der Waals surface area contributed by atoms with Gasteiger partial charge in [-0.2, -0.15) is 0 Å². The Morgan fingerprint density at radius 1 is 1.05 bits per heavy atom. The first kappa shape index (κ1) is 11.7. The summed E-state index contributed by atoms with van der Waals surface area (Å²) in [7, 11) is 0. The van der Waals surface area contributed by atoms with Crippen molar-refractivity contribution < 1.29 is 9.59 Å². The Balaban J connectivity index is 2.06. The third-order valence-corrected chi connectivity index (χ3v) is 3.40. The summed E-state index contributed by atoms with van der Waals surface area (Å²) < 4.78 is 0. The lowest BCUT2D eigenvalue weighted by Gasteiger charge is -2.16. The first-order valence-corrected chi connectivity index (χ1v) is 6.19. The van der Waals surface area contributed by atoms with Gasteiger partial charge in [-0.1, -0.05) is 36.4 Å². The molecule has 1 aliphatic rings. The van der Waals surface area contributed by atoms with Crippen LogP contribution in [0.15, 0.2) is 48.5 Å². The zero-order valence-corrected chi connectivity index (χ0v) is 10.6. The van der Waals surface area contributed by atoms with E-state index in [0.29, 0.717) is 17.7 Å². The summed E-state index contributed by atoms with van der Waals surface area (Å²) in [5, 5.41) is 0. The van der Waals surface area contributed by atoms with Gasteiger partial charge in [-0.05, 0) is 30.2 Å². The molecule has 0 saturated heterocycles. The number of para-hydroxylation sites is 1. The van der Waals surface area contributed by atoms with Crippen LogP contribution in [0, 0.1) is 6.92 Å². The summed E-state index contributed by atoms with van der Waals surface area (Å²) in [5.41, 5.74) is 3.08. The fourth-order valence-electron chi connectivity index (χ4n) is 2.41. The van der Waals surface area contributed by atoms with Gasteiger partial charge in [0.15, 0.2) is 0 Å². The number of carbonyl (C=O) groups excluding carboxylic acids is 2. The van der Waals surface area contributed by atoms with Crippen molar-refractivity contribution in [2.45, 2.75) is 13.3 Å². The SMILES string of the molecule is Cc1ccccc1C(=O)N1C(=O)Cc2ccccc21. The van der Waals surface area contributed by atoms with Crippen molar-refractivity contribution in [1.29, 1.82) is 0 Å². The predicted molar refractivity (Wildman–Crippen MR) is 73.1 cm³/mol. The maximum absolute atomic E-state index is 12.5. The molecule has 0 aliphatic carbocycles. The molecule has 19 heavy (non-hydrogen) atoms. The molecule has 94 valence electrons. The van der Waals surface area contributed by atoms with E-state index in [2.05, 4.69) is 0 Å². The smallest absolute Gasteiger partial charge is 0.265 e. The average molecular weight is 251 g/mol. The van der Waals surface area contributed by atoms with Crippen molar-refractivity contribution in [1.82, 2.24) is 0 Å². The number of hydrogen-bond donors (Lipinski definition) is 0. The van der Waals surface area contributed by atoms with Crippen LogP contribution in [0.3, 0.4) is 0 Å². The normalized spacial score (nSPS) is 13.5. The van der Waals surface area contributed by atoms with Gasteiger partial charge in [0.2, 0.25) is 5.91 Å². The number of fused-ring (bicyclic) bond motifs is 1. The van der Waals surface area contributed by atoms with E-state index in [9.17, 15) is 9.59 Å². The number of imide groups is 1. The molecule has 0 spiro atoms. The fraction of sp³-hybridized carbons (Fsp3) is 0.125. The molecule has 1 heterocycles. The number of anilines is 1. The van der Waals surface area contributed by atoms with Crippen molar-refractivity contribution in [2.75, 3.05) is 4.90 Å². The third-order valence-electron chi connectivity index (χ3n) is 3.40. The van der Waals surface area contributed by atoms with Crippen molar-refractivity contribution in [2.24, 2.45) is 0 Å². The highest BCUT2D eigenvalue weighted by Gasteiger charge is 2.32. The molecule has 0 aromatic heterocycles. The summed E-state index contributed by atoms with van der Waals surface area (Å²) >= 11 is 0. The highest BCUT2D eigenvalue weighted by atomic mass is 16.2. The van der Waals surface area contributed by atoms with Crippen molar-refractivity contribution in [3.8, 4) is 0 Å². The van der Waals surface area contributed by atoms with Gasteiger partial charge in [0.05, 0.1) is 12.1 Å². The highest BCUT2D eigenvalue weighted by Crippen LogP contribution is 2.30. The molecule has 0 N–H and O–H groups in total. The molecule has 1 aliphatic heterocycles. The molecule has 3 heteroatoms. The molecule has 0 fully saturated rings.